The second-order valence-corrected chi connectivity index (χ2v) is 5.38. The van der Waals surface area contributed by atoms with E-state index in [1.165, 1.54) is 12.1 Å². The molecule has 7 heteroatoms. The van der Waals surface area contributed by atoms with Crippen molar-refractivity contribution in [3.05, 3.63) is 59.7 Å². The van der Waals surface area contributed by atoms with Gasteiger partial charge in [-0.05, 0) is 12.1 Å². The second-order valence-electron chi connectivity index (χ2n) is 5.38. The summed E-state index contributed by atoms with van der Waals surface area (Å²) in [5, 5.41) is 29.3. The first-order chi connectivity index (χ1) is 11.0. The average molecular weight is 310 g/mol. The van der Waals surface area contributed by atoms with E-state index in [0.29, 0.717) is 11.4 Å². The monoisotopic (exact) mass is 310 g/mol. The van der Waals surface area contributed by atoms with Crippen LogP contribution in [0.1, 0.15) is 11.1 Å². The van der Waals surface area contributed by atoms with E-state index in [0.717, 1.165) is 0 Å². The van der Waals surface area contributed by atoms with Gasteiger partial charge in [0, 0.05) is 22.5 Å². The fourth-order valence-electron chi connectivity index (χ4n) is 3.11. The number of anilines is 2. The summed E-state index contributed by atoms with van der Waals surface area (Å²) < 4.78 is 5.53. The minimum Gasteiger partial charge on any atom is -0.545 e. The van der Waals surface area contributed by atoms with E-state index in [9.17, 15) is 19.8 Å². The van der Waals surface area contributed by atoms with Crippen LogP contribution in [0.3, 0.4) is 0 Å². The van der Waals surface area contributed by atoms with Crippen LogP contribution in [0.4, 0.5) is 11.4 Å². The summed E-state index contributed by atoms with van der Waals surface area (Å²) in [6.07, 6.45) is 0. The summed E-state index contributed by atoms with van der Waals surface area (Å²) in [7, 11) is 0. The molecule has 0 aromatic heterocycles. The third-order valence-corrected chi connectivity index (χ3v) is 4.12. The number of fused-ring (bicyclic) bond motifs is 6. The number of aliphatic carboxylic acids is 2. The highest BCUT2D eigenvalue weighted by Gasteiger charge is 2.56. The Morgan fingerprint density at radius 1 is 0.783 bits per heavy atom. The molecule has 0 saturated carbocycles. The Kier molecular flexibility index (Phi) is 2.50. The molecule has 4 rings (SSSR count). The number of carboxylic acid groups (broad SMARTS) is 2. The van der Waals surface area contributed by atoms with Crippen LogP contribution in [-0.2, 0) is 25.8 Å². The molecule has 2 aromatic carbocycles. The summed E-state index contributed by atoms with van der Waals surface area (Å²) in [4.78, 5) is 23.8. The molecule has 0 unspecified atom stereocenters. The first kappa shape index (κ1) is 13.6. The lowest BCUT2D eigenvalue weighted by Crippen LogP contribution is -2.68. The first-order valence-corrected chi connectivity index (χ1v) is 6.88. The smallest absolute Gasteiger partial charge is 0.211 e. The molecule has 2 aromatic rings. The van der Waals surface area contributed by atoms with Crippen molar-refractivity contribution in [2.45, 2.75) is 11.4 Å². The van der Waals surface area contributed by atoms with Crippen molar-refractivity contribution in [2.24, 2.45) is 0 Å². The third kappa shape index (κ3) is 1.56. The molecule has 0 aliphatic carbocycles. The van der Waals surface area contributed by atoms with Gasteiger partial charge in [0.15, 0.2) is 0 Å². The number of para-hydroxylation sites is 2. The molecule has 116 valence electrons. The van der Waals surface area contributed by atoms with E-state index in [1.807, 2.05) is 0 Å². The normalized spacial score (nSPS) is 27.0. The van der Waals surface area contributed by atoms with Gasteiger partial charge in [0.1, 0.15) is 0 Å². The van der Waals surface area contributed by atoms with E-state index < -0.39 is 23.4 Å². The van der Waals surface area contributed by atoms with Gasteiger partial charge in [0.25, 0.3) is 0 Å². The maximum atomic E-state index is 11.9. The predicted octanol–water partition coefficient (Wildman–Crippen LogP) is -0.940. The fraction of sp³-hybridized carbons (Fsp3) is 0.125. The van der Waals surface area contributed by atoms with Crippen LogP contribution >= 0.6 is 0 Å². The van der Waals surface area contributed by atoms with Crippen LogP contribution in [-0.4, -0.2) is 11.9 Å². The summed E-state index contributed by atoms with van der Waals surface area (Å²) in [5.41, 5.74) is -3.17. The maximum absolute atomic E-state index is 11.9. The second kappa shape index (κ2) is 4.23. The van der Waals surface area contributed by atoms with Crippen molar-refractivity contribution in [1.29, 1.82) is 0 Å². The number of hydrogen-bond donors (Lipinski definition) is 2. The number of rotatable bonds is 2. The maximum Gasteiger partial charge on any atom is 0.211 e. The van der Waals surface area contributed by atoms with Gasteiger partial charge in [-0.2, -0.15) is 0 Å². The standard InChI is InChI=1S/C16H12N2O5/c19-13(20)15-9-5-1-3-7-11(9)17-16(23-15,14(21)22)10-6-2-4-8-12(10)18-15/h1-8,17-18H,(H,19,20)(H,21,22)/p-2/t15-,16+. The zero-order valence-corrected chi connectivity index (χ0v) is 11.7. The van der Waals surface area contributed by atoms with Gasteiger partial charge >= 0.3 is 0 Å². The summed E-state index contributed by atoms with van der Waals surface area (Å²) in [6, 6.07) is 12.8. The predicted molar refractivity (Wildman–Crippen MR) is 74.6 cm³/mol. The van der Waals surface area contributed by atoms with Crippen molar-refractivity contribution < 1.29 is 24.5 Å². The molecule has 0 saturated heterocycles. The van der Waals surface area contributed by atoms with Crippen molar-refractivity contribution in [3.63, 3.8) is 0 Å². The minimum atomic E-state index is -2.13. The van der Waals surface area contributed by atoms with Crippen molar-refractivity contribution >= 4 is 23.3 Å². The van der Waals surface area contributed by atoms with Gasteiger partial charge in [0.2, 0.25) is 11.4 Å². The van der Waals surface area contributed by atoms with E-state index in [4.69, 9.17) is 4.74 Å². The zero-order valence-electron chi connectivity index (χ0n) is 11.7. The van der Waals surface area contributed by atoms with Crippen molar-refractivity contribution in [1.82, 2.24) is 0 Å². The average Bonchev–Trinajstić information content (AvgIpc) is 2.54. The molecule has 7 nitrogen and oxygen atoms in total. The highest BCUT2D eigenvalue weighted by atomic mass is 16.6. The van der Waals surface area contributed by atoms with Gasteiger partial charge in [-0.25, -0.2) is 0 Å². The molecule has 2 heterocycles. The molecular weight excluding hydrogens is 300 g/mol. The fourth-order valence-corrected chi connectivity index (χ4v) is 3.11. The summed E-state index contributed by atoms with van der Waals surface area (Å²) in [5.74, 6) is -3.18. The van der Waals surface area contributed by atoms with Crippen LogP contribution in [0.25, 0.3) is 0 Å². The Labute approximate surface area is 130 Å². The van der Waals surface area contributed by atoms with E-state index >= 15 is 0 Å². The molecule has 2 bridgehead atoms. The number of benzene rings is 2. The van der Waals surface area contributed by atoms with Crippen LogP contribution in [0.5, 0.6) is 0 Å². The van der Waals surface area contributed by atoms with Gasteiger partial charge in [-0.3, -0.25) is 0 Å². The van der Waals surface area contributed by atoms with E-state index in [2.05, 4.69) is 10.6 Å². The lowest BCUT2D eigenvalue weighted by Gasteiger charge is -2.54. The van der Waals surface area contributed by atoms with Crippen molar-refractivity contribution in [3.8, 4) is 0 Å². The van der Waals surface area contributed by atoms with Crippen LogP contribution in [0, 0.1) is 0 Å². The van der Waals surface area contributed by atoms with Gasteiger partial charge in [-0.1, -0.05) is 36.4 Å². The highest BCUT2D eigenvalue weighted by molar-refractivity contribution is 5.93. The van der Waals surface area contributed by atoms with Gasteiger partial charge in [0.05, 0.1) is 11.9 Å². The van der Waals surface area contributed by atoms with Crippen LogP contribution in [0.2, 0.25) is 0 Å². The van der Waals surface area contributed by atoms with Gasteiger partial charge < -0.3 is 35.2 Å². The van der Waals surface area contributed by atoms with Crippen LogP contribution in [0.15, 0.2) is 48.5 Å². The Hall–Kier alpha value is -3.06. The molecule has 0 fully saturated rings. The summed E-state index contributed by atoms with van der Waals surface area (Å²) >= 11 is 0. The quantitative estimate of drug-likeness (QED) is 0.736. The number of hydrogen-bond acceptors (Lipinski definition) is 7. The SMILES string of the molecule is O=C([O-])[C@@]12Nc3ccccc3[C@](C(=O)[O-])(Nc3ccccc31)O2. The summed E-state index contributed by atoms with van der Waals surface area (Å²) in [6.45, 7) is 0. The number of nitrogens with one attached hydrogen (secondary N) is 2. The number of ether oxygens (including phenoxy) is 1. The van der Waals surface area contributed by atoms with Gasteiger partial charge in [-0.15, -0.1) is 0 Å². The number of carbonyl (C=O) groups is 2. The topological polar surface area (TPSA) is 114 Å². The van der Waals surface area contributed by atoms with E-state index in [1.54, 1.807) is 36.4 Å². The number of carboxylic acids is 2. The molecule has 2 atom stereocenters. The van der Waals surface area contributed by atoms with E-state index in [-0.39, 0.29) is 11.1 Å². The Morgan fingerprint density at radius 3 is 1.57 bits per heavy atom. The third-order valence-electron chi connectivity index (χ3n) is 4.12. The Balaban J connectivity index is 2.08. The minimum absolute atomic E-state index is 0.228. The molecule has 23 heavy (non-hydrogen) atoms. The molecule has 0 spiro atoms. The molecule has 2 aliphatic rings. The van der Waals surface area contributed by atoms with Crippen LogP contribution < -0.4 is 20.8 Å². The number of carbonyl (C=O) groups excluding carboxylic acids is 2. The molecule has 2 N–H and O–H groups in total. The molecular formula is C16H10N2O5-2. The first-order valence-electron chi connectivity index (χ1n) is 6.88. The van der Waals surface area contributed by atoms with Crippen molar-refractivity contribution in [2.75, 3.05) is 10.6 Å². The lowest BCUT2D eigenvalue weighted by molar-refractivity contribution is -0.352. The molecule has 2 aliphatic heterocycles. The Morgan fingerprint density at radius 2 is 1.17 bits per heavy atom. The molecule has 0 amide bonds. The Bertz CT molecular complexity index is 782. The highest BCUT2D eigenvalue weighted by Crippen LogP contribution is 2.50. The zero-order chi connectivity index (χ0) is 16.2. The lowest BCUT2D eigenvalue weighted by atomic mass is 9.88. The largest absolute Gasteiger partial charge is 0.545 e. The molecule has 0 radical (unpaired) electrons.